The van der Waals surface area contributed by atoms with Gasteiger partial charge in [0.2, 0.25) is 17.7 Å². The van der Waals surface area contributed by atoms with Crippen LogP contribution in [0, 0.1) is 0 Å². The van der Waals surface area contributed by atoms with E-state index in [1.54, 1.807) is 11.9 Å². The molecule has 0 spiro atoms. The lowest BCUT2D eigenvalue weighted by molar-refractivity contribution is -0.142. The summed E-state index contributed by atoms with van der Waals surface area (Å²) in [6.45, 7) is 0.802. The molecule has 0 aromatic carbocycles. The summed E-state index contributed by atoms with van der Waals surface area (Å²) in [5.41, 5.74) is 0. The number of nitrogens with zero attached hydrogens (tertiary/aromatic N) is 2. The van der Waals surface area contributed by atoms with Crippen LogP contribution in [0.3, 0.4) is 0 Å². The van der Waals surface area contributed by atoms with Crippen LogP contribution in [0.25, 0.3) is 0 Å². The molecule has 1 N–H and O–H groups in total. The number of amides is 3. The first-order chi connectivity index (χ1) is 10.1. The maximum Gasteiger partial charge on any atom is 0.242 e. The molecule has 0 aromatic heterocycles. The molecule has 2 rings (SSSR count). The molecular formula is C15H25N3O3. The van der Waals surface area contributed by atoms with Gasteiger partial charge in [0.25, 0.3) is 0 Å². The Labute approximate surface area is 125 Å². The summed E-state index contributed by atoms with van der Waals surface area (Å²) in [5.74, 6) is -0.243. The van der Waals surface area contributed by atoms with Crippen molar-refractivity contribution in [1.29, 1.82) is 0 Å². The molecule has 0 atom stereocenters. The Morgan fingerprint density at radius 3 is 2.62 bits per heavy atom. The molecule has 1 saturated carbocycles. The fourth-order valence-electron chi connectivity index (χ4n) is 2.96. The summed E-state index contributed by atoms with van der Waals surface area (Å²) >= 11 is 0. The zero-order valence-electron chi connectivity index (χ0n) is 12.8. The molecule has 118 valence electrons. The average Bonchev–Trinajstić information content (AvgIpc) is 2.93. The van der Waals surface area contributed by atoms with Crippen molar-refractivity contribution in [2.75, 3.05) is 26.7 Å². The van der Waals surface area contributed by atoms with E-state index in [-0.39, 0.29) is 36.9 Å². The smallest absolute Gasteiger partial charge is 0.242 e. The Kier molecular flexibility index (Phi) is 5.59. The van der Waals surface area contributed by atoms with Crippen LogP contribution in [0.4, 0.5) is 0 Å². The predicted molar refractivity (Wildman–Crippen MR) is 78.5 cm³/mol. The van der Waals surface area contributed by atoms with Gasteiger partial charge in [0.05, 0.1) is 13.1 Å². The Morgan fingerprint density at radius 2 is 1.95 bits per heavy atom. The monoisotopic (exact) mass is 295 g/mol. The first kappa shape index (κ1) is 15.8. The molecule has 2 fully saturated rings. The van der Waals surface area contributed by atoms with E-state index in [0.29, 0.717) is 13.0 Å². The van der Waals surface area contributed by atoms with Crippen molar-refractivity contribution in [3.05, 3.63) is 0 Å². The topological polar surface area (TPSA) is 69.7 Å². The van der Waals surface area contributed by atoms with Crippen molar-refractivity contribution >= 4 is 17.7 Å². The van der Waals surface area contributed by atoms with Gasteiger partial charge in [-0.2, -0.15) is 0 Å². The quantitative estimate of drug-likeness (QED) is 0.804. The molecule has 21 heavy (non-hydrogen) atoms. The highest BCUT2D eigenvalue weighted by atomic mass is 16.2. The molecule has 1 aliphatic carbocycles. The van der Waals surface area contributed by atoms with Crippen LogP contribution in [0.15, 0.2) is 0 Å². The van der Waals surface area contributed by atoms with Crippen LogP contribution in [0.2, 0.25) is 0 Å². The lowest BCUT2D eigenvalue weighted by atomic mass is 10.1. The number of nitrogens with one attached hydrogen (secondary N) is 1. The van der Waals surface area contributed by atoms with Crippen molar-refractivity contribution < 1.29 is 14.4 Å². The first-order valence-corrected chi connectivity index (χ1v) is 7.87. The van der Waals surface area contributed by atoms with Crippen LogP contribution in [0.1, 0.15) is 44.9 Å². The van der Waals surface area contributed by atoms with E-state index in [9.17, 15) is 14.4 Å². The third-order valence-corrected chi connectivity index (χ3v) is 4.27. The number of carbonyl (C=O) groups excluding carboxylic acids is 3. The lowest BCUT2D eigenvalue weighted by Gasteiger charge is -2.28. The summed E-state index contributed by atoms with van der Waals surface area (Å²) in [6, 6.07) is 0.268. The predicted octanol–water partition coefficient (Wildman–Crippen LogP) is 0.516. The second kappa shape index (κ2) is 7.43. The molecule has 1 heterocycles. The van der Waals surface area contributed by atoms with Crippen molar-refractivity contribution in [3.8, 4) is 0 Å². The second-order valence-electron chi connectivity index (χ2n) is 6.07. The van der Waals surface area contributed by atoms with Crippen molar-refractivity contribution in [1.82, 2.24) is 15.1 Å². The summed E-state index contributed by atoms with van der Waals surface area (Å²) in [4.78, 5) is 38.7. The minimum absolute atomic E-state index is 0.0402. The van der Waals surface area contributed by atoms with Crippen molar-refractivity contribution in [3.63, 3.8) is 0 Å². The van der Waals surface area contributed by atoms with Gasteiger partial charge in [-0.1, -0.05) is 12.8 Å². The van der Waals surface area contributed by atoms with Gasteiger partial charge in [-0.05, 0) is 25.7 Å². The summed E-state index contributed by atoms with van der Waals surface area (Å²) in [7, 11) is 1.62. The highest BCUT2D eigenvalue weighted by Crippen LogP contribution is 2.17. The highest BCUT2D eigenvalue weighted by Gasteiger charge is 2.23. The van der Waals surface area contributed by atoms with Gasteiger partial charge in [-0.3, -0.25) is 14.4 Å². The molecule has 0 unspecified atom stereocenters. The first-order valence-electron chi connectivity index (χ1n) is 7.87. The van der Waals surface area contributed by atoms with E-state index in [4.69, 9.17) is 0 Å². The summed E-state index contributed by atoms with van der Waals surface area (Å²) < 4.78 is 0. The maximum atomic E-state index is 12.1. The van der Waals surface area contributed by atoms with Crippen molar-refractivity contribution in [2.24, 2.45) is 0 Å². The molecule has 0 bridgehead atoms. The second-order valence-corrected chi connectivity index (χ2v) is 6.07. The minimum Gasteiger partial charge on any atom is -0.352 e. The SMILES string of the molecule is CN(CC(=O)NC1CCCC1)C(=O)CN1CCCCC1=O. The van der Waals surface area contributed by atoms with Gasteiger partial charge in [-0.25, -0.2) is 0 Å². The van der Waals surface area contributed by atoms with Gasteiger partial charge in [0, 0.05) is 26.1 Å². The lowest BCUT2D eigenvalue weighted by Crippen LogP contribution is -2.47. The number of carbonyl (C=O) groups is 3. The van der Waals surface area contributed by atoms with Gasteiger partial charge >= 0.3 is 0 Å². The Bertz CT molecular complexity index is 405. The minimum atomic E-state index is -0.174. The molecule has 2 aliphatic rings. The van der Waals surface area contributed by atoms with E-state index >= 15 is 0 Å². The van der Waals surface area contributed by atoms with Crippen LogP contribution in [0.5, 0.6) is 0 Å². The van der Waals surface area contributed by atoms with Crippen LogP contribution in [-0.2, 0) is 14.4 Å². The fraction of sp³-hybridized carbons (Fsp3) is 0.800. The summed E-state index contributed by atoms with van der Waals surface area (Å²) in [6.07, 6.45) is 6.78. The fourth-order valence-corrected chi connectivity index (χ4v) is 2.96. The van der Waals surface area contributed by atoms with Gasteiger partial charge < -0.3 is 15.1 Å². The van der Waals surface area contributed by atoms with E-state index in [2.05, 4.69) is 5.32 Å². The van der Waals surface area contributed by atoms with Gasteiger partial charge in [0.1, 0.15) is 0 Å². The summed E-state index contributed by atoms with van der Waals surface area (Å²) in [5, 5.41) is 2.96. The average molecular weight is 295 g/mol. The van der Waals surface area contributed by atoms with Crippen molar-refractivity contribution in [2.45, 2.75) is 51.0 Å². The molecule has 0 radical (unpaired) electrons. The van der Waals surface area contributed by atoms with Crippen LogP contribution >= 0.6 is 0 Å². The number of piperidine rings is 1. The molecule has 6 nitrogen and oxygen atoms in total. The Balaban J connectivity index is 1.73. The molecule has 3 amide bonds. The number of likely N-dealkylation sites (tertiary alicyclic amines) is 1. The van der Waals surface area contributed by atoms with E-state index < -0.39 is 0 Å². The standard InChI is InChI=1S/C15H25N3O3/c1-17(10-13(19)16-12-6-2-3-7-12)15(21)11-18-9-5-4-8-14(18)20/h12H,2-11H2,1H3,(H,16,19). The van der Waals surface area contributed by atoms with E-state index in [0.717, 1.165) is 38.5 Å². The Morgan fingerprint density at radius 1 is 1.24 bits per heavy atom. The normalized spacial score (nSPS) is 19.7. The zero-order chi connectivity index (χ0) is 15.2. The van der Waals surface area contributed by atoms with Gasteiger partial charge in [0.15, 0.2) is 0 Å². The zero-order valence-corrected chi connectivity index (χ0v) is 12.8. The number of hydrogen-bond donors (Lipinski definition) is 1. The van der Waals surface area contributed by atoms with Crippen LogP contribution in [-0.4, -0.2) is 60.2 Å². The van der Waals surface area contributed by atoms with Crippen LogP contribution < -0.4 is 5.32 Å². The molecule has 1 aliphatic heterocycles. The third-order valence-electron chi connectivity index (χ3n) is 4.27. The molecule has 0 aromatic rings. The largest absolute Gasteiger partial charge is 0.352 e. The number of likely N-dealkylation sites (N-methyl/N-ethyl adjacent to an activating group) is 1. The highest BCUT2D eigenvalue weighted by molar-refractivity contribution is 5.88. The van der Waals surface area contributed by atoms with Gasteiger partial charge in [-0.15, -0.1) is 0 Å². The Hall–Kier alpha value is -1.59. The maximum absolute atomic E-state index is 12.1. The molecule has 6 heteroatoms. The molecular weight excluding hydrogens is 270 g/mol. The molecule has 1 saturated heterocycles. The van der Waals surface area contributed by atoms with E-state index in [1.807, 2.05) is 0 Å². The van der Waals surface area contributed by atoms with E-state index in [1.165, 1.54) is 4.90 Å². The number of rotatable bonds is 5. The third kappa shape index (κ3) is 4.72. The number of hydrogen-bond acceptors (Lipinski definition) is 3.